The first-order valence-electron chi connectivity index (χ1n) is 23.2. The van der Waals surface area contributed by atoms with Crippen LogP contribution >= 0.6 is 7.82 Å². The highest BCUT2D eigenvalue weighted by molar-refractivity contribution is 7.45. The number of aliphatic hydroxyl groups excluding tert-OH is 1. The van der Waals surface area contributed by atoms with E-state index in [-0.39, 0.29) is 19.3 Å². The Kier molecular flexibility index (Phi) is 29.7. The van der Waals surface area contributed by atoms with Crippen molar-refractivity contribution in [1.82, 2.24) is 9.55 Å². The van der Waals surface area contributed by atoms with Gasteiger partial charge < -0.3 is 33.3 Å². The van der Waals surface area contributed by atoms with Crippen molar-refractivity contribution in [2.24, 2.45) is 0 Å². The minimum absolute atomic E-state index is 0.118. The number of ether oxygens (including phenoxy) is 3. The largest absolute Gasteiger partial charge is 0.756 e. The number of halogens is 1. The predicted octanol–water partition coefficient (Wildman–Crippen LogP) is 9.24. The van der Waals surface area contributed by atoms with Crippen LogP contribution in [0.1, 0.15) is 206 Å². The van der Waals surface area contributed by atoms with Crippen LogP contribution in [0.15, 0.2) is 15.8 Å². The van der Waals surface area contributed by atoms with E-state index in [1.807, 2.05) is 0 Å². The Morgan fingerprint density at radius 1 is 0.767 bits per heavy atom. The van der Waals surface area contributed by atoms with E-state index in [0.29, 0.717) is 19.0 Å². The third-order valence-corrected chi connectivity index (χ3v) is 11.9. The van der Waals surface area contributed by atoms with Gasteiger partial charge in [0.2, 0.25) is 5.82 Å². The van der Waals surface area contributed by atoms with Crippen molar-refractivity contribution in [3.8, 4) is 0 Å². The smallest absolute Gasteiger partial charge is 0.330 e. The van der Waals surface area contributed by atoms with E-state index in [9.17, 15) is 38.1 Å². The van der Waals surface area contributed by atoms with Gasteiger partial charge in [0.05, 0.1) is 25.5 Å². The van der Waals surface area contributed by atoms with Crippen molar-refractivity contribution in [3.05, 3.63) is 32.9 Å². The molecule has 1 aromatic heterocycles. The zero-order valence-corrected chi connectivity index (χ0v) is 37.6. The number of carbonyl (C=O) groups is 2. The lowest BCUT2D eigenvalue weighted by Crippen LogP contribution is -2.34. The molecule has 14 nitrogen and oxygen atoms in total. The zero-order chi connectivity index (χ0) is 43.9. The van der Waals surface area contributed by atoms with Gasteiger partial charge in [0.25, 0.3) is 13.4 Å². The SMILES string of the molecule is CCCCCCCCCCCCCCCC(=O)OC[C@@H](COP(=O)([O-])OC[C@H]1O[C@@H](n2cc(F)c(=O)[nH]c2=O)C[C@@H]1O)OC(=O)CCCCCCCCCCCCCCC. The molecule has 1 unspecified atom stereocenters. The van der Waals surface area contributed by atoms with Gasteiger partial charge >= 0.3 is 17.6 Å². The fourth-order valence-corrected chi connectivity index (χ4v) is 8.03. The summed E-state index contributed by atoms with van der Waals surface area (Å²) in [6.07, 6.45) is 26.0. The number of carbonyl (C=O) groups excluding carboxylic acids is 2. The Hall–Kier alpha value is -2.42. The molecule has 1 saturated heterocycles. The summed E-state index contributed by atoms with van der Waals surface area (Å²) >= 11 is 0. The number of phosphoric ester groups is 1. The Balaban J connectivity index is 1.76. The van der Waals surface area contributed by atoms with Gasteiger partial charge in [-0.3, -0.25) is 28.5 Å². The van der Waals surface area contributed by atoms with E-state index in [1.54, 1.807) is 4.98 Å². The maximum Gasteiger partial charge on any atom is 0.330 e. The molecule has 0 aromatic carbocycles. The van der Waals surface area contributed by atoms with E-state index in [0.717, 1.165) is 43.1 Å². The minimum atomic E-state index is -5.08. The van der Waals surface area contributed by atoms with Gasteiger partial charge in [-0.25, -0.2) is 4.79 Å². The van der Waals surface area contributed by atoms with Crippen molar-refractivity contribution in [2.75, 3.05) is 19.8 Å². The van der Waals surface area contributed by atoms with Gasteiger partial charge in [-0.1, -0.05) is 168 Å². The van der Waals surface area contributed by atoms with E-state index < -0.39 is 81.2 Å². The average molecular weight is 876 g/mol. The van der Waals surface area contributed by atoms with Crippen molar-refractivity contribution >= 4 is 19.8 Å². The molecule has 60 heavy (non-hydrogen) atoms. The fourth-order valence-electron chi connectivity index (χ4n) is 7.28. The lowest BCUT2D eigenvalue weighted by atomic mass is 10.0. The number of rotatable bonds is 38. The molecule has 2 N–H and O–H groups in total. The predicted molar refractivity (Wildman–Crippen MR) is 227 cm³/mol. The van der Waals surface area contributed by atoms with E-state index in [4.69, 9.17) is 23.3 Å². The summed E-state index contributed by atoms with van der Waals surface area (Å²) in [7, 11) is -5.08. The molecule has 348 valence electrons. The number of phosphoric acid groups is 1. The molecule has 0 spiro atoms. The summed E-state index contributed by atoms with van der Waals surface area (Å²) in [6.45, 7) is 2.65. The number of aliphatic hydroxyl groups is 1. The second kappa shape index (κ2) is 33.2. The molecule has 16 heteroatoms. The van der Waals surface area contributed by atoms with Gasteiger partial charge in [-0.2, -0.15) is 4.39 Å². The van der Waals surface area contributed by atoms with Gasteiger partial charge in [0.1, 0.15) is 18.9 Å². The molecule has 0 aliphatic carbocycles. The number of aromatic nitrogens is 2. The maximum atomic E-state index is 13.8. The number of nitrogens with zero attached hydrogens (tertiary/aromatic N) is 1. The summed E-state index contributed by atoms with van der Waals surface area (Å²) in [6, 6.07) is 0. The Morgan fingerprint density at radius 3 is 1.70 bits per heavy atom. The number of hydrogen-bond acceptors (Lipinski definition) is 12. The van der Waals surface area contributed by atoms with Gasteiger partial charge in [-0.15, -0.1) is 0 Å². The molecule has 1 aromatic rings. The molecule has 1 aliphatic rings. The van der Waals surface area contributed by atoms with E-state index in [2.05, 4.69) is 13.8 Å². The van der Waals surface area contributed by atoms with Gasteiger partial charge in [-0.05, 0) is 12.8 Å². The van der Waals surface area contributed by atoms with Crippen LogP contribution < -0.4 is 16.1 Å². The van der Waals surface area contributed by atoms with Crippen molar-refractivity contribution in [1.29, 1.82) is 0 Å². The highest BCUT2D eigenvalue weighted by Gasteiger charge is 2.37. The van der Waals surface area contributed by atoms with Crippen LogP contribution in [0.4, 0.5) is 4.39 Å². The first-order chi connectivity index (χ1) is 29.0. The summed E-state index contributed by atoms with van der Waals surface area (Å²) in [5, 5.41) is 10.4. The fraction of sp³-hybridized carbons (Fsp3) is 0.864. The second-order valence-electron chi connectivity index (χ2n) is 16.4. The summed E-state index contributed by atoms with van der Waals surface area (Å²) in [5.74, 6) is -2.29. The molecule has 2 heterocycles. The van der Waals surface area contributed by atoms with E-state index in [1.165, 1.54) is 116 Å². The lowest BCUT2D eigenvalue weighted by Gasteiger charge is -2.27. The second-order valence-corrected chi connectivity index (χ2v) is 17.8. The minimum Gasteiger partial charge on any atom is -0.756 e. The topological polar surface area (TPSA) is 196 Å². The quantitative estimate of drug-likeness (QED) is 0.0364. The highest BCUT2D eigenvalue weighted by atomic mass is 31.2. The Labute approximate surface area is 357 Å². The first kappa shape index (κ1) is 53.7. The molecular formula is C44H77FN2O12P-. The van der Waals surface area contributed by atoms with Crippen LogP contribution in [0.5, 0.6) is 0 Å². The van der Waals surface area contributed by atoms with Crippen molar-refractivity contribution in [2.45, 2.75) is 225 Å². The van der Waals surface area contributed by atoms with Gasteiger partial charge in [0.15, 0.2) is 6.10 Å². The van der Waals surface area contributed by atoms with Crippen molar-refractivity contribution in [3.63, 3.8) is 0 Å². The average Bonchev–Trinajstić information content (AvgIpc) is 3.59. The summed E-state index contributed by atoms with van der Waals surface area (Å²) in [5.41, 5.74) is -2.19. The molecular weight excluding hydrogens is 798 g/mol. The molecule has 1 fully saturated rings. The van der Waals surface area contributed by atoms with E-state index >= 15 is 0 Å². The molecule has 0 bridgehead atoms. The third kappa shape index (κ3) is 25.5. The van der Waals surface area contributed by atoms with Crippen LogP contribution in [0, 0.1) is 5.82 Å². The van der Waals surface area contributed by atoms with Crippen LogP contribution in [0.3, 0.4) is 0 Å². The van der Waals surface area contributed by atoms with Crippen LogP contribution in [0.2, 0.25) is 0 Å². The molecule has 0 saturated carbocycles. The first-order valence-corrected chi connectivity index (χ1v) is 24.7. The summed E-state index contributed by atoms with van der Waals surface area (Å²) in [4.78, 5) is 63.3. The number of nitrogens with one attached hydrogen (secondary N) is 1. The number of unbranched alkanes of at least 4 members (excludes halogenated alkanes) is 24. The van der Waals surface area contributed by atoms with Crippen LogP contribution in [-0.2, 0) is 37.4 Å². The van der Waals surface area contributed by atoms with Gasteiger partial charge in [0, 0.05) is 19.3 Å². The Morgan fingerprint density at radius 2 is 1.22 bits per heavy atom. The third-order valence-electron chi connectivity index (χ3n) is 11.0. The monoisotopic (exact) mass is 876 g/mol. The molecule has 0 amide bonds. The van der Waals surface area contributed by atoms with Crippen LogP contribution in [0.25, 0.3) is 0 Å². The zero-order valence-electron chi connectivity index (χ0n) is 36.7. The highest BCUT2D eigenvalue weighted by Crippen LogP contribution is 2.40. The molecule has 2 rings (SSSR count). The maximum absolute atomic E-state index is 13.8. The Bertz CT molecular complexity index is 1460. The number of hydrogen-bond donors (Lipinski definition) is 2. The lowest BCUT2D eigenvalue weighted by molar-refractivity contribution is -0.231. The number of H-pyrrole nitrogens is 1. The number of aromatic amines is 1. The van der Waals surface area contributed by atoms with Crippen LogP contribution in [-0.4, -0.2) is 64.7 Å². The number of esters is 2. The molecule has 5 atom stereocenters. The molecule has 1 aliphatic heterocycles. The standard InChI is InChI=1S/C44H78FN2O12P/c1-3-5-7-9-11-13-15-17-19-21-23-25-27-29-41(49)55-33-36(58-42(50)30-28-26-24-22-20-18-16-14-12-10-8-6-4-2)34-56-60(53,54)57-35-39-38(48)31-40(59-39)47-32-37(45)43(51)46-44(47)52/h32,36,38-40,48H,3-31,33-35H2,1-2H3,(H,53,54)(H,46,51,52)/p-1/t36-,38-,39+,40+/m0/s1. The molecule has 0 radical (unpaired) electrons. The van der Waals surface area contributed by atoms with Crippen molar-refractivity contribution < 1.29 is 51.8 Å². The summed E-state index contributed by atoms with van der Waals surface area (Å²) < 4.78 is 53.6. The normalized spacial score (nSPS) is 18.1.